The van der Waals surface area contributed by atoms with Crippen LogP contribution in [0.25, 0.3) is 10.6 Å². The van der Waals surface area contributed by atoms with E-state index in [-0.39, 0.29) is 11.6 Å². The highest BCUT2D eigenvalue weighted by Gasteiger charge is 2.18. The number of thiazole rings is 1. The molecule has 0 saturated carbocycles. The molecule has 2 N–H and O–H groups in total. The van der Waals surface area contributed by atoms with Crippen LogP contribution in [-0.2, 0) is 20.7 Å². The van der Waals surface area contributed by atoms with Crippen molar-refractivity contribution in [3.8, 4) is 10.6 Å². The lowest BCUT2D eigenvalue weighted by Gasteiger charge is -2.13. The van der Waals surface area contributed by atoms with Gasteiger partial charge in [0.1, 0.15) is 11.0 Å². The molecule has 0 fully saturated rings. The second-order valence-electron chi connectivity index (χ2n) is 6.24. The number of aryl methyl sites for hydroxylation is 1. The van der Waals surface area contributed by atoms with Gasteiger partial charge >= 0.3 is 5.97 Å². The van der Waals surface area contributed by atoms with Crippen molar-refractivity contribution in [2.45, 2.75) is 39.7 Å². The van der Waals surface area contributed by atoms with Crippen LogP contribution in [0.2, 0.25) is 0 Å². The van der Waals surface area contributed by atoms with E-state index in [1.54, 1.807) is 12.3 Å². The van der Waals surface area contributed by atoms with Gasteiger partial charge in [0, 0.05) is 17.5 Å². The van der Waals surface area contributed by atoms with E-state index in [0.717, 1.165) is 18.4 Å². The van der Waals surface area contributed by atoms with Crippen LogP contribution >= 0.6 is 11.3 Å². The molecule has 0 radical (unpaired) electrons. The molecular formula is C20H25N3O4S. The number of amides is 2. The van der Waals surface area contributed by atoms with E-state index in [0.29, 0.717) is 11.6 Å². The second kappa shape index (κ2) is 10.6. The summed E-state index contributed by atoms with van der Waals surface area (Å²) in [7, 11) is 0. The molecule has 0 aliphatic carbocycles. The first-order valence-corrected chi connectivity index (χ1v) is 10.1. The van der Waals surface area contributed by atoms with E-state index in [4.69, 9.17) is 4.74 Å². The van der Waals surface area contributed by atoms with Crippen molar-refractivity contribution < 1.29 is 19.1 Å². The summed E-state index contributed by atoms with van der Waals surface area (Å²) in [5.41, 5.74) is 2.30. The normalized spacial score (nSPS) is 11.5. The lowest BCUT2D eigenvalue weighted by atomic mass is 10.1. The van der Waals surface area contributed by atoms with Crippen LogP contribution in [0.4, 0.5) is 0 Å². The highest BCUT2D eigenvalue weighted by Crippen LogP contribution is 2.24. The molecule has 2 rings (SSSR count). The van der Waals surface area contributed by atoms with Gasteiger partial charge in [-0.05, 0) is 25.3 Å². The molecule has 0 aliphatic rings. The molecule has 150 valence electrons. The number of ether oxygens (including phenoxy) is 1. The topological polar surface area (TPSA) is 97.4 Å². The lowest BCUT2D eigenvalue weighted by molar-refractivity contribution is -0.130. The predicted molar refractivity (Wildman–Crippen MR) is 108 cm³/mol. The second-order valence-corrected chi connectivity index (χ2v) is 7.10. The number of benzene rings is 1. The van der Waals surface area contributed by atoms with Crippen molar-refractivity contribution >= 4 is 29.1 Å². The summed E-state index contributed by atoms with van der Waals surface area (Å²) in [6.45, 7) is 5.67. The molecule has 0 spiro atoms. The number of carbonyl (C=O) groups excluding carboxylic acids is 3. The first kappa shape index (κ1) is 21.6. The monoisotopic (exact) mass is 403 g/mol. The van der Waals surface area contributed by atoms with Crippen LogP contribution in [-0.4, -0.2) is 42.0 Å². The van der Waals surface area contributed by atoms with E-state index in [1.807, 2.05) is 31.2 Å². The number of carbonyl (C=O) groups is 3. The molecule has 0 unspecified atom stereocenters. The molecule has 1 aromatic heterocycles. The number of nitrogens with one attached hydrogen (secondary N) is 2. The van der Waals surface area contributed by atoms with Crippen molar-refractivity contribution in [1.29, 1.82) is 0 Å². The minimum Gasteiger partial charge on any atom is -0.451 e. The molecule has 8 heteroatoms. The molecule has 2 aromatic rings. The molecule has 1 atom stereocenters. The third-order valence-corrected chi connectivity index (χ3v) is 4.87. The summed E-state index contributed by atoms with van der Waals surface area (Å²) in [5.74, 6) is -1.50. The Bertz CT molecular complexity index is 817. The number of rotatable bonds is 9. The van der Waals surface area contributed by atoms with E-state index < -0.39 is 24.5 Å². The fourth-order valence-electron chi connectivity index (χ4n) is 2.34. The van der Waals surface area contributed by atoms with Gasteiger partial charge in [0.15, 0.2) is 12.3 Å². The third kappa shape index (κ3) is 6.16. The van der Waals surface area contributed by atoms with E-state index in [9.17, 15) is 14.4 Å². The smallest absolute Gasteiger partial charge is 0.358 e. The van der Waals surface area contributed by atoms with Gasteiger partial charge in [-0.15, -0.1) is 11.3 Å². The average Bonchev–Trinajstić information content (AvgIpc) is 3.20. The fourth-order valence-corrected chi connectivity index (χ4v) is 3.13. The zero-order valence-electron chi connectivity index (χ0n) is 16.3. The zero-order chi connectivity index (χ0) is 20.5. The van der Waals surface area contributed by atoms with E-state index >= 15 is 0 Å². The minimum absolute atomic E-state index is 0.154. The van der Waals surface area contributed by atoms with Crippen LogP contribution < -0.4 is 10.6 Å². The van der Waals surface area contributed by atoms with Crippen molar-refractivity contribution in [2.75, 3.05) is 13.2 Å². The van der Waals surface area contributed by atoms with Crippen LogP contribution in [0.3, 0.4) is 0 Å². The maximum absolute atomic E-state index is 12.1. The summed E-state index contributed by atoms with van der Waals surface area (Å²) in [5, 5.41) is 7.48. The summed E-state index contributed by atoms with van der Waals surface area (Å²) in [4.78, 5) is 40.0. The van der Waals surface area contributed by atoms with Gasteiger partial charge in [-0.1, -0.05) is 38.1 Å². The standard InChI is InChI=1S/C20H25N3O4S/c1-4-10-21-18(25)13(3)22-17(24)11-27-20(26)16-12-28-19(23-16)15-8-6-14(5-2)7-9-15/h6-9,12-13H,4-5,10-11H2,1-3H3,(H,21,25)(H,22,24)/t13-/m0/s1. The van der Waals surface area contributed by atoms with Gasteiger partial charge in [0.05, 0.1) is 0 Å². The van der Waals surface area contributed by atoms with E-state index in [2.05, 4.69) is 22.5 Å². The predicted octanol–water partition coefficient (Wildman–Crippen LogP) is 2.56. The quantitative estimate of drug-likeness (QED) is 0.627. The Balaban J connectivity index is 1.85. The first-order valence-electron chi connectivity index (χ1n) is 9.23. The Kier molecular flexibility index (Phi) is 8.13. The fraction of sp³-hybridized carbons (Fsp3) is 0.400. The Labute approximate surface area is 168 Å². The number of aromatic nitrogens is 1. The van der Waals surface area contributed by atoms with Crippen LogP contribution in [0, 0.1) is 0 Å². The largest absolute Gasteiger partial charge is 0.451 e. The Morgan fingerprint density at radius 3 is 2.54 bits per heavy atom. The van der Waals surface area contributed by atoms with Gasteiger partial charge in [0.25, 0.3) is 5.91 Å². The summed E-state index contributed by atoms with van der Waals surface area (Å²) in [6, 6.07) is 7.28. The maximum atomic E-state index is 12.1. The minimum atomic E-state index is -0.699. The third-order valence-electron chi connectivity index (χ3n) is 3.98. The molecule has 7 nitrogen and oxygen atoms in total. The highest BCUT2D eigenvalue weighted by molar-refractivity contribution is 7.13. The Morgan fingerprint density at radius 1 is 1.18 bits per heavy atom. The number of esters is 1. The van der Waals surface area contributed by atoms with Gasteiger partial charge in [-0.3, -0.25) is 9.59 Å². The van der Waals surface area contributed by atoms with Crippen LogP contribution in [0.1, 0.15) is 43.2 Å². The van der Waals surface area contributed by atoms with Crippen molar-refractivity contribution in [3.05, 3.63) is 40.9 Å². The molecule has 1 heterocycles. The molecule has 28 heavy (non-hydrogen) atoms. The summed E-state index contributed by atoms with van der Waals surface area (Å²) in [6.07, 6.45) is 1.76. The van der Waals surface area contributed by atoms with Crippen molar-refractivity contribution in [2.24, 2.45) is 0 Å². The van der Waals surface area contributed by atoms with Gasteiger partial charge in [-0.25, -0.2) is 9.78 Å². The molecule has 2 amide bonds. The Morgan fingerprint density at radius 2 is 1.89 bits per heavy atom. The zero-order valence-corrected chi connectivity index (χ0v) is 17.1. The van der Waals surface area contributed by atoms with Gasteiger partial charge < -0.3 is 15.4 Å². The van der Waals surface area contributed by atoms with Crippen LogP contribution in [0.15, 0.2) is 29.6 Å². The SMILES string of the molecule is CCCNC(=O)[C@H](C)NC(=O)COC(=O)c1csc(-c2ccc(CC)cc2)n1. The summed E-state index contributed by atoms with van der Waals surface area (Å²) >= 11 is 1.34. The molecule has 1 aromatic carbocycles. The molecule has 0 aliphatic heterocycles. The molecular weight excluding hydrogens is 378 g/mol. The number of hydrogen-bond donors (Lipinski definition) is 2. The highest BCUT2D eigenvalue weighted by atomic mass is 32.1. The lowest BCUT2D eigenvalue weighted by Crippen LogP contribution is -2.46. The van der Waals surface area contributed by atoms with Crippen molar-refractivity contribution in [1.82, 2.24) is 15.6 Å². The van der Waals surface area contributed by atoms with Crippen molar-refractivity contribution in [3.63, 3.8) is 0 Å². The van der Waals surface area contributed by atoms with E-state index in [1.165, 1.54) is 16.9 Å². The Hall–Kier alpha value is -2.74. The number of hydrogen-bond acceptors (Lipinski definition) is 6. The molecule has 0 saturated heterocycles. The van der Waals surface area contributed by atoms with Crippen LogP contribution in [0.5, 0.6) is 0 Å². The molecule has 0 bridgehead atoms. The maximum Gasteiger partial charge on any atom is 0.358 e. The summed E-state index contributed by atoms with van der Waals surface area (Å²) < 4.78 is 5.00. The number of nitrogens with zero attached hydrogens (tertiary/aromatic N) is 1. The average molecular weight is 404 g/mol. The van der Waals surface area contributed by atoms with Gasteiger partial charge in [-0.2, -0.15) is 0 Å². The van der Waals surface area contributed by atoms with Gasteiger partial charge in [0.2, 0.25) is 5.91 Å². The first-order chi connectivity index (χ1) is 13.4.